The quantitative estimate of drug-likeness (QED) is 0.441. The van der Waals surface area contributed by atoms with Gasteiger partial charge in [0.05, 0.1) is 13.1 Å². The van der Waals surface area contributed by atoms with Gasteiger partial charge in [0.25, 0.3) is 0 Å². The Labute approximate surface area is 111 Å². The van der Waals surface area contributed by atoms with E-state index < -0.39 is 8.07 Å². The van der Waals surface area contributed by atoms with Crippen LogP contribution in [0.2, 0.25) is 19.6 Å². The molecule has 1 aliphatic carbocycles. The SMILES string of the molecule is CC(=O)OC(C1CCCCC1)C(Cl)[Si](C)(C)C. The lowest BCUT2D eigenvalue weighted by atomic mass is 9.85. The molecule has 0 aromatic rings. The van der Waals surface area contributed by atoms with Gasteiger partial charge < -0.3 is 4.74 Å². The fourth-order valence-electron chi connectivity index (χ4n) is 2.54. The standard InChI is InChI=1S/C13H25ClO2Si/c1-10(15)16-12(13(14)17(2,3)4)11-8-6-5-7-9-11/h11-13H,5-9H2,1-4H3. The fourth-order valence-corrected chi connectivity index (χ4v) is 4.13. The zero-order valence-electron chi connectivity index (χ0n) is 11.5. The van der Waals surface area contributed by atoms with Crippen LogP contribution in [-0.4, -0.2) is 25.1 Å². The zero-order valence-corrected chi connectivity index (χ0v) is 13.2. The van der Waals surface area contributed by atoms with Crippen molar-refractivity contribution in [1.82, 2.24) is 0 Å². The van der Waals surface area contributed by atoms with E-state index in [2.05, 4.69) is 19.6 Å². The summed E-state index contributed by atoms with van der Waals surface area (Å²) in [5.74, 6) is 0.284. The van der Waals surface area contributed by atoms with Gasteiger partial charge in [-0.1, -0.05) is 38.9 Å². The average Bonchev–Trinajstić information content (AvgIpc) is 2.24. The second kappa shape index (κ2) is 6.23. The summed E-state index contributed by atoms with van der Waals surface area (Å²) < 4.78 is 5.54. The van der Waals surface area contributed by atoms with Crippen molar-refractivity contribution in [3.8, 4) is 0 Å². The monoisotopic (exact) mass is 276 g/mol. The van der Waals surface area contributed by atoms with Crippen LogP contribution in [0.25, 0.3) is 0 Å². The molecule has 0 bridgehead atoms. The first kappa shape index (κ1) is 15.0. The van der Waals surface area contributed by atoms with Gasteiger partial charge in [-0.25, -0.2) is 0 Å². The molecule has 17 heavy (non-hydrogen) atoms. The van der Waals surface area contributed by atoms with E-state index in [0.29, 0.717) is 5.92 Å². The molecule has 2 unspecified atom stereocenters. The molecular formula is C13H25ClO2Si. The summed E-state index contributed by atoms with van der Waals surface area (Å²) in [4.78, 5) is 11.3. The van der Waals surface area contributed by atoms with E-state index in [-0.39, 0.29) is 17.1 Å². The van der Waals surface area contributed by atoms with Crippen LogP contribution in [0, 0.1) is 5.92 Å². The van der Waals surface area contributed by atoms with Gasteiger partial charge in [-0.3, -0.25) is 4.79 Å². The average molecular weight is 277 g/mol. The maximum Gasteiger partial charge on any atom is 0.302 e. The van der Waals surface area contributed by atoms with E-state index in [0.717, 1.165) is 12.8 Å². The molecule has 0 heterocycles. The lowest BCUT2D eigenvalue weighted by Crippen LogP contribution is -2.48. The molecule has 4 heteroatoms. The molecule has 1 saturated carbocycles. The molecule has 1 fully saturated rings. The minimum Gasteiger partial charge on any atom is -0.461 e. The third kappa shape index (κ3) is 4.63. The number of alkyl halides is 1. The third-order valence-corrected chi connectivity index (χ3v) is 7.73. The van der Waals surface area contributed by atoms with Gasteiger partial charge in [0.2, 0.25) is 0 Å². The second-order valence-corrected chi connectivity index (χ2v) is 12.4. The summed E-state index contributed by atoms with van der Waals surface area (Å²) in [6.45, 7) is 8.21. The van der Waals surface area contributed by atoms with Crippen molar-refractivity contribution in [1.29, 1.82) is 0 Å². The van der Waals surface area contributed by atoms with Gasteiger partial charge in [-0.15, -0.1) is 11.6 Å². The number of rotatable bonds is 4. The Kier molecular flexibility index (Phi) is 5.51. The van der Waals surface area contributed by atoms with Gasteiger partial charge in [-0.2, -0.15) is 0 Å². The molecular weight excluding hydrogens is 252 g/mol. The Morgan fingerprint density at radius 2 is 1.76 bits per heavy atom. The highest BCUT2D eigenvalue weighted by Gasteiger charge is 2.39. The molecule has 1 rings (SSSR count). The highest BCUT2D eigenvalue weighted by Crippen LogP contribution is 2.34. The van der Waals surface area contributed by atoms with Crippen LogP contribution in [0.1, 0.15) is 39.0 Å². The molecule has 2 atom stereocenters. The number of esters is 1. The number of carbonyl (C=O) groups is 1. The van der Waals surface area contributed by atoms with E-state index >= 15 is 0 Å². The predicted molar refractivity (Wildman–Crippen MR) is 75.1 cm³/mol. The van der Waals surface area contributed by atoms with Crippen LogP contribution in [0.5, 0.6) is 0 Å². The summed E-state index contributed by atoms with van der Waals surface area (Å²) in [7, 11) is -1.49. The second-order valence-electron chi connectivity index (χ2n) is 6.24. The third-order valence-electron chi connectivity index (χ3n) is 3.53. The molecule has 100 valence electrons. The number of ether oxygens (including phenoxy) is 1. The van der Waals surface area contributed by atoms with Crippen molar-refractivity contribution < 1.29 is 9.53 Å². The highest BCUT2D eigenvalue weighted by atomic mass is 35.5. The van der Waals surface area contributed by atoms with E-state index in [1.807, 2.05) is 0 Å². The van der Waals surface area contributed by atoms with Gasteiger partial charge in [0.15, 0.2) is 0 Å². The van der Waals surface area contributed by atoms with E-state index in [1.165, 1.54) is 26.2 Å². The molecule has 0 aromatic heterocycles. The van der Waals surface area contributed by atoms with E-state index in [9.17, 15) is 4.79 Å². The molecule has 0 aromatic carbocycles. The largest absolute Gasteiger partial charge is 0.461 e. The first-order valence-electron chi connectivity index (χ1n) is 6.63. The highest BCUT2D eigenvalue weighted by molar-refractivity contribution is 6.84. The van der Waals surface area contributed by atoms with Crippen molar-refractivity contribution in [3.05, 3.63) is 0 Å². The number of carbonyl (C=O) groups excluding carboxylic acids is 1. The predicted octanol–water partition coefficient (Wildman–Crippen LogP) is 3.98. The topological polar surface area (TPSA) is 26.3 Å². The van der Waals surface area contributed by atoms with Crippen LogP contribution in [0.3, 0.4) is 0 Å². The maximum atomic E-state index is 11.3. The Balaban J connectivity index is 2.74. The Morgan fingerprint density at radius 3 is 2.18 bits per heavy atom. The van der Waals surface area contributed by atoms with Crippen molar-refractivity contribution in [3.63, 3.8) is 0 Å². The molecule has 1 aliphatic rings. The normalized spacial score (nSPS) is 21.9. The van der Waals surface area contributed by atoms with Crippen molar-refractivity contribution in [2.45, 2.75) is 69.8 Å². The van der Waals surface area contributed by atoms with E-state index in [1.54, 1.807) is 0 Å². The fraction of sp³-hybridized carbons (Fsp3) is 0.923. The molecule has 0 saturated heterocycles. The Hall–Kier alpha value is -0.0231. The summed E-state index contributed by atoms with van der Waals surface area (Å²) in [5, 5.41) is 0.0227. The van der Waals surface area contributed by atoms with Gasteiger partial charge in [-0.05, 0) is 18.8 Å². The molecule has 2 nitrogen and oxygen atoms in total. The van der Waals surface area contributed by atoms with Gasteiger partial charge in [0.1, 0.15) is 6.10 Å². The molecule has 0 N–H and O–H groups in total. The molecule has 0 aliphatic heterocycles. The van der Waals surface area contributed by atoms with Crippen molar-refractivity contribution >= 4 is 25.6 Å². The summed E-state index contributed by atoms with van der Waals surface area (Å²) in [6, 6.07) is 0. The Morgan fingerprint density at radius 1 is 1.24 bits per heavy atom. The number of hydrogen-bond donors (Lipinski definition) is 0. The molecule has 0 amide bonds. The smallest absolute Gasteiger partial charge is 0.302 e. The minimum atomic E-state index is -1.49. The van der Waals surface area contributed by atoms with E-state index in [4.69, 9.17) is 16.3 Å². The van der Waals surface area contributed by atoms with Crippen molar-refractivity contribution in [2.24, 2.45) is 5.92 Å². The lowest BCUT2D eigenvalue weighted by Gasteiger charge is -2.37. The van der Waals surface area contributed by atoms with Crippen LogP contribution < -0.4 is 0 Å². The number of halogens is 1. The van der Waals surface area contributed by atoms with Crippen molar-refractivity contribution in [2.75, 3.05) is 0 Å². The van der Waals surface area contributed by atoms with Crippen LogP contribution in [0.4, 0.5) is 0 Å². The summed E-state index contributed by atoms with van der Waals surface area (Å²) in [6.07, 6.45) is 6.05. The number of hydrogen-bond acceptors (Lipinski definition) is 2. The van der Waals surface area contributed by atoms with Gasteiger partial charge in [0, 0.05) is 6.92 Å². The minimum absolute atomic E-state index is 0.0227. The lowest BCUT2D eigenvalue weighted by molar-refractivity contribution is -0.149. The summed E-state index contributed by atoms with van der Waals surface area (Å²) in [5.41, 5.74) is 0. The first-order valence-corrected chi connectivity index (χ1v) is 10.6. The van der Waals surface area contributed by atoms with Crippen LogP contribution in [0.15, 0.2) is 0 Å². The zero-order chi connectivity index (χ0) is 13.1. The Bertz CT molecular complexity index is 257. The first-order chi connectivity index (χ1) is 7.82. The molecule has 0 radical (unpaired) electrons. The van der Waals surface area contributed by atoms with Crippen LogP contribution >= 0.6 is 11.6 Å². The molecule has 0 spiro atoms. The van der Waals surface area contributed by atoms with Crippen LogP contribution in [-0.2, 0) is 9.53 Å². The maximum absolute atomic E-state index is 11.3. The summed E-state index contributed by atoms with van der Waals surface area (Å²) >= 11 is 6.58. The van der Waals surface area contributed by atoms with Gasteiger partial charge >= 0.3 is 5.97 Å².